The largest absolute Gasteiger partial charge is 0.373 e. The summed E-state index contributed by atoms with van der Waals surface area (Å²) in [5, 5.41) is 12.2. The molecule has 0 radical (unpaired) electrons. The van der Waals surface area contributed by atoms with Crippen LogP contribution in [0.4, 0.5) is 0 Å². The first-order valence-corrected chi connectivity index (χ1v) is 7.13. The highest BCUT2D eigenvalue weighted by Crippen LogP contribution is 2.44. The van der Waals surface area contributed by atoms with E-state index < -0.39 is 6.23 Å². The van der Waals surface area contributed by atoms with Crippen molar-refractivity contribution in [1.29, 1.82) is 0 Å². The van der Waals surface area contributed by atoms with Crippen molar-refractivity contribution in [2.24, 2.45) is 5.84 Å². The summed E-state index contributed by atoms with van der Waals surface area (Å²) in [5.41, 5.74) is 4.63. The Kier molecular flexibility index (Phi) is 3.74. The lowest BCUT2D eigenvalue weighted by Crippen LogP contribution is -2.57. The maximum Gasteiger partial charge on any atom is 0.146 e. The fourth-order valence-corrected chi connectivity index (χ4v) is 3.74. The van der Waals surface area contributed by atoms with E-state index in [-0.39, 0.29) is 11.5 Å². The van der Waals surface area contributed by atoms with Crippen molar-refractivity contribution in [3.63, 3.8) is 0 Å². The zero-order valence-electron chi connectivity index (χ0n) is 12.7. The van der Waals surface area contributed by atoms with Crippen LogP contribution in [0.1, 0.15) is 62.1 Å². The van der Waals surface area contributed by atoms with Crippen LogP contribution in [-0.4, -0.2) is 16.2 Å². The maximum atomic E-state index is 10.5. The Hall–Kier alpha value is -0.900. The summed E-state index contributed by atoms with van der Waals surface area (Å²) in [6.07, 6.45) is 1.36. The third-order valence-corrected chi connectivity index (χ3v) is 4.47. The minimum Gasteiger partial charge on any atom is -0.373 e. The van der Waals surface area contributed by atoms with Crippen molar-refractivity contribution in [3.05, 3.63) is 34.4 Å². The first-order valence-electron chi connectivity index (χ1n) is 7.13. The van der Waals surface area contributed by atoms with Crippen molar-refractivity contribution >= 4 is 0 Å². The molecule has 1 aromatic rings. The molecule has 19 heavy (non-hydrogen) atoms. The van der Waals surface area contributed by atoms with Gasteiger partial charge in [-0.15, -0.1) is 0 Å². The fraction of sp³-hybridized carbons (Fsp3) is 0.625. The number of benzene rings is 1. The fourth-order valence-electron chi connectivity index (χ4n) is 3.74. The Bertz CT molecular complexity index is 482. The Morgan fingerprint density at radius 1 is 1.32 bits per heavy atom. The van der Waals surface area contributed by atoms with E-state index in [2.05, 4.69) is 46.8 Å². The lowest BCUT2D eigenvalue weighted by Gasteiger charge is -2.49. The van der Waals surface area contributed by atoms with E-state index in [1.54, 1.807) is 5.01 Å². The quantitative estimate of drug-likeness (QED) is 0.806. The molecule has 0 fully saturated rings. The molecule has 0 bridgehead atoms. The van der Waals surface area contributed by atoms with Crippen LogP contribution in [0.5, 0.6) is 0 Å². The van der Waals surface area contributed by atoms with Crippen LogP contribution in [0.2, 0.25) is 0 Å². The molecule has 106 valence electrons. The predicted octanol–water partition coefficient (Wildman–Crippen LogP) is 2.93. The number of aryl methyl sites for hydroxylation is 2. The molecular formula is C16H26N2O. The summed E-state index contributed by atoms with van der Waals surface area (Å²) in [4.78, 5) is 0. The number of rotatable bonds is 2. The van der Waals surface area contributed by atoms with Crippen LogP contribution in [0.3, 0.4) is 0 Å². The average molecular weight is 262 g/mol. The van der Waals surface area contributed by atoms with Crippen LogP contribution in [0.15, 0.2) is 12.1 Å². The molecule has 1 unspecified atom stereocenters. The van der Waals surface area contributed by atoms with Gasteiger partial charge in [-0.25, -0.2) is 5.01 Å². The minimum absolute atomic E-state index is 0.0445. The lowest BCUT2D eigenvalue weighted by atomic mass is 9.69. The molecule has 1 aliphatic heterocycles. The summed E-state index contributed by atoms with van der Waals surface area (Å²) in [6, 6.07) is 4.43. The molecule has 1 aromatic carbocycles. The standard InChI is InChI=1S/C16H26N2O/c1-6-7-13-16(4,5)14-11(3)8-10(2)9-12(14)15(19)18(13)17/h8-9,13,15,19H,6-7,17H2,1-5H3/t13-,15?/m1/s1. The van der Waals surface area contributed by atoms with Gasteiger partial charge in [-0.05, 0) is 31.4 Å². The van der Waals surface area contributed by atoms with Gasteiger partial charge in [0.2, 0.25) is 0 Å². The molecule has 3 N–H and O–H groups in total. The summed E-state index contributed by atoms with van der Waals surface area (Å²) in [5.74, 6) is 6.18. The number of nitrogens with two attached hydrogens (primary N) is 1. The smallest absolute Gasteiger partial charge is 0.146 e. The Labute approximate surface area is 116 Å². The molecule has 0 amide bonds. The van der Waals surface area contributed by atoms with Gasteiger partial charge in [-0.3, -0.25) is 5.84 Å². The highest BCUT2D eigenvalue weighted by Gasteiger charge is 2.44. The van der Waals surface area contributed by atoms with E-state index in [4.69, 9.17) is 5.84 Å². The molecule has 0 aliphatic carbocycles. The topological polar surface area (TPSA) is 49.5 Å². The molecule has 2 rings (SSSR count). The molecule has 3 nitrogen and oxygen atoms in total. The van der Waals surface area contributed by atoms with Crippen LogP contribution < -0.4 is 5.84 Å². The first-order chi connectivity index (χ1) is 8.80. The van der Waals surface area contributed by atoms with Gasteiger partial charge in [-0.2, -0.15) is 0 Å². The minimum atomic E-state index is -0.696. The summed E-state index contributed by atoms with van der Waals surface area (Å²) in [6.45, 7) is 10.8. The van der Waals surface area contributed by atoms with Crippen molar-refractivity contribution in [1.82, 2.24) is 5.01 Å². The van der Waals surface area contributed by atoms with Gasteiger partial charge in [0.1, 0.15) is 6.23 Å². The van der Waals surface area contributed by atoms with E-state index in [1.165, 1.54) is 16.7 Å². The third-order valence-electron chi connectivity index (χ3n) is 4.47. The predicted molar refractivity (Wildman–Crippen MR) is 78.6 cm³/mol. The Balaban J connectivity index is 2.64. The Morgan fingerprint density at radius 2 is 1.95 bits per heavy atom. The van der Waals surface area contributed by atoms with Crippen LogP contribution >= 0.6 is 0 Å². The molecule has 1 heterocycles. The number of hydrogen-bond acceptors (Lipinski definition) is 3. The second-order valence-electron chi connectivity index (χ2n) is 6.39. The van der Waals surface area contributed by atoms with Gasteiger partial charge in [0, 0.05) is 17.0 Å². The maximum absolute atomic E-state index is 10.5. The molecule has 1 aliphatic rings. The van der Waals surface area contributed by atoms with Crippen molar-refractivity contribution in [2.75, 3.05) is 0 Å². The van der Waals surface area contributed by atoms with E-state index >= 15 is 0 Å². The van der Waals surface area contributed by atoms with Crippen LogP contribution in [-0.2, 0) is 5.41 Å². The number of nitrogens with zero attached hydrogens (tertiary/aromatic N) is 1. The number of fused-ring (bicyclic) bond motifs is 1. The lowest BCUT2D eigenvalue weighted by molar-refractivity contribution is -0.0656. The Morgan fingerprint density at radius 3 is 2.53 bits per heavy atom. The summed E-state index contributed by atoms with van der Waals surface area (Å²) < 4.78 is 0. The average Bonchev–Trinajstić information content (AvgIpc) is 2.31. The van der Waals surface area contributed by atoms with Gasteiger partial charge in [-0.1, -0.05) is 44.9 Å². The van der Waals surface area contributed by atoms with E-state index in [1.807, 2.05) is 0 Å². The SMILES string of the molecule is CCC[C@H]1N(N)C(O)c2cc(C)cc(C)c2C1(C)C. The molecule has 3 heteroatoms. The zero-order chi connectivity index (χ0) is 14.4. The number of aliphatic hydroxyl groups is 1. The summed E-state index contributed by atoms with van der Waals surface area (Å²) in [7, 11) is 0. The van der Waals surface area contributed by atoms with Crippen molar-refractivity contribution < 1.29 is 5.11 Å². The number of hydrazine groups is 1. The third kappa shape index (κ3) is 2.20. The highest BCUT2D eigenvalue weighted by molar-refractivity contribution is 5.46. The number of aliphatic hydroxyl groups excluding tert-OH is 1. The van der Waals surface area contributed by atoms with Gasteiger partial charge in [0.15, 0.2) is 0 Å². The first kappa shape index (κ1) is 14.5. The van der Waals surface area contributed by atoms with Crippen LogP contribution in [0.25, 0.3) is 0 Å². The van der Waals surface area contributed by atoms with Crippen molar-refractivity contribution in [3.8, 4) is 0 Å². The summed E-state index contributed by atoms with van der Waals surface area (Å²) >= 11 is 0. The molecule has 0 aromatic heterocycles. The second kappa shape index (κ2) is 4.89. The molecular weight excluding hydrogens is 236 g/mol. The molecule has 0 spiro atoms. The van der Waals surface area contributed by atoms with E-state index in [0.717, 1.165) is 18.4 Å². The molecule has 0 saturated heterocycles. The van der Waals surface area contributed by atoms with Crippen molar-refractivity contribution in [2.45, 2.75) is 65.1 Å². The van der Waals surface area contributed by atoms with E-state index in [9.17, 15) is 5.11 Å². The highest BCUT2D eigenvalue weighted by atomic mass is 16.3. The molecule has 0 saturated carbocycles. The molecule has 2 atom stereocenters. The van der Waals surface area contributed by atoms with Gasteiger partial charge >= 0.3 is 0 Å². The number of hydrogen-bond donors (Lipinski definition) is 2. The normalized spacial score (nSPS) is 26.3. The zero-order valence-corrected chi connectivity index (χ0v) is 12.7. The van der Waals surface area contributed by atoms with Gasteiger partial charge in [0.05, 0.1) is 0 Å². The van der Waals surface area contributed by atoms with Crippen LogP contribution in [0, 0.1) is 13.8 Å². The monoisotopic (exact) mass is 262 g/mol. The second-order valence-corrected chi connectivity index (χ2v) is 6.39. The van der Waals surface area contributed by atoms with Gasteiger partial charge in [0.25, 0.3) is 0 Å². The van der Waals surface area contributed by atoms with Gasteiger partial charge < -0.3 is 5.11 Å². The van der Waals surface area contributed by atoms with E-state index in [0.29, 0.717) is 0 Å².